The highest BCUT2D eigenvalue weighted by molar-refractivity contribution is 7.07. The van der Waals surface area contributed by atoms with Gasteiger partial charge < -0.3 is 10.1 Å². The summed E-state index contributed by atoms with van der Waals surface area (Å²) in [6.45, 7) is 5.73. The van der Waals surface area contributed by atoms with E-state index in [1.54, 1.807) is 11.3 Å². The van der Waals surface area contributed by atoms with Gasteiger partial charge in [-0.2, -0.15) is 11.3 Å². The summed E-state index contributed by atoms with van der Waals surface area (Å²) in [5.41, 5.74) is 2.00. The Morgan fingerprint density at radius 1 is 1.14 bits per heavy atom. The second-order valence-electron chi connectivity index (χ2n) is 7.46. The average Bonchev–Trinajstić information content (AvgIpc) is 3.11. The van der Waals surface area contributed by atoms with Gasteiger partial charge in [0.15, 0.2) is 0 Å². The first-order chi connectivity index (χ1) is 13.8. The third kappa shape index (κ3) is 6.08. The quantitative estimate of drug-likeness (QED) is 0.583. The Balaban J connectivity index is 1.58. The number of rotatable bonds is 9. The summed E-state index contributed by atoms with van der Waals surface area (Å²) in [6, 6.07) is 9.91. The molecule has 1 N–H and O–H groups in total. The molecule has 1 aliphatic rings. The Morgan fingerprint density at radius 2 is 1.89 bits per heavy atom. The van der Waals surface area contributed by atoms with Crippen molar-refractivity contribution < 1.29 is 9.53 Å². The second-order valence-corrected chi connectivity index (χ2v) is 8.24. The summed E-state index contributed by atoms with van der Waals surface area (Å²) in [6.07, 6.45) is 7.27. The van der Waals surface area contributed by atoms with Crippen molar-refractivity contribution in [2.45, 2.75) is 51.5 Å². The van der Waals surface area contributed by atoms with Crippen molar-refractivity contribution >= 4 is 17.2 Å². The molecule has 0 spiro atoms. The number of benzene rings is 1. The van der Waals surface area contributed by atoms with Crippen LogP contribution in [0.4, 0.5) is 0 Å². The monoisotopic (exact) mass is 400 g/mol. The lowest BCUT2D eigenvalue weighted by Gasteiger charge is -2.30. The highest BCUT2D eigenvalue weighted by Crippen LogP contribution is 2.25. The van der Waals surface area contributed by atoms with Crippen LogP contribution in [-0.4, -0.2) is 37.0 Å². The van der Waals surface area contributed by atoms with Crippen molar-refractivity contribution in [3.63, 3.8) is 0 Å². The predicted octanol–water partition coefficient (Wildman–Crippen LogP) is 5.27. The molecule has 1 aliphatic heterocycles. The van der Waals surface area contributed by atoms with Crippen molar-refractivity contribution in [3.8, 4) is 5.75 Å². The van der Waals surface area contributed by atoms with Crippen molar-refractivity contribution in [2.24, 2.45) is 0 Å². The molecule has 3 rings (SSSR count). The molecule has 1 fully saturated rings. The van der Waals surface area contributed by atoms with Crippen LogP contribution in [0.5, 0.6) is 5.75 Å². The molecule has 1 amide bonds. The lowest BCUT2D eigenvalue weighted by Crippen LogP contribution is -2.38. The number of hydrogen-bond donors (Lipinski definition) is 1. The Hall–Kier alpha value is -1.85. The van der Waals surface area contributed by atoms with Gasteiger partial charge in [0.05, 0.1) is 12.6 Å². The van der Waals surface area contributed by atoms with Crippen LogP contribution in [0, 0.1) is 0 Å². The van der Waals surface area contributed by atoms with E-state index in [1.165, 1.54) is 31.2 Å². The molecule has 28 heavy (non-hydrogen) atoms. The molecule has 152 valence electrons. The Morgan fingerprint density at radius 3 is 2.54 bits per heavy atom. The fourth-order valence-corrected chi connectivity index (χ4v) is 4.36. The number of likely N-dealkylation sites (tertiary alicyclic amines) is 1. The largest absolute Gasteiger partial charge is 0.494 e. The van der Waals surface area contributed by atoms with Crippen molar-refractivity contribution in [1.29, 1.82) is 0 Å². The van der Waals surface area contributed by atoms with Gasteiger partial charge in [0.25, 0.3) is 5.91 Å². The smallest absolute Gasteiger partial charge is 0.251 e. The summed E-state index contributed by atoms with van der Waals surface area (Å²) in [4.78, 5) is 15.2. The minimum Gasteiger partial charge on any atom is -0.494 e. The summed E-state index contributed by atoms with van der Waals surface area (Å²) in [5, 5.41) is 7.50. The maximum absolute atomic E-state index is 12.7. The van der Waals surface area contributed by atoms with Gasteiger partial charge in [0.2, 0.25) is 0 Å². The molecule has 0 saturated carbocycles. The van der Waals surface area contributed by atoms with Crippen LogP contribution in [0.15, 0.2) is 41.1 Å². The van der Waals surface area contributed by atoms with E-state index in [-0.39, 0.29) is 11.9 Å². The molecule has 1 aromatic heterocycles. The molecule has 5 heteroatoms. The molecule has 1 saturated heterocycles. The predicted molar refractivity (Wildman–Crippen MR) is 116 cm³/mol. The van der Waals surface area contributed by atoms with E-state index in [0.29, 0.717) is 12.1 Å². The van der Waals surface area contributed by atoms with Gasteiger partial charge in [0.1, 0.15) is 5.75 Å². The van der Waals surface area contributed by atoms with Crippen molar-refractivity contribution in [2.75, 3.05) is 26.2 Å². The number of unbranched alkanes of at least 4 members (excludes halogenated alkanes) is 1. The van der Waals surface area contributed by atoms with E-state index >= 15 is 0 Å². The first kappa shape index (κ1) is 20.9. The number of ether oxygens (including phenoxy) is 1. The molecule has 0 radical (unpaired) electrons. The molecule has 1 aromatic carbocycles. The van der Waals surface area contributed by atoms with Crippen molar-refractivity contribution in [3.05, 3.63) is 52.2 Å². The molecule has 2 heterocycles. The number of hydrogen-bond acceptors (Lipinski definition) is 4. The zero-order valence-electron chi connectivity index (χ0n) is 16.9. The highest BCUT2D eigenvalue weighted by Gasteiger charge is 2.22. The Bertz CT molecular complexity index is 692. The number of amides is 1. The van der Waals surface area contributed by atoms with Crippen LogP contribution in [0.2, 0.25) is 0 Å². The minimum atomic E-state index is -0.0184. The van der Waals surface area contributed by atoms with E-state index in [4.69, 9.17) is 4.74 Å². The fourth-order valence-electron chi connectivity index (χ4n) is 3.66. The zero-order valence-corrected chi connectivity index (χ0v) is 17.7. The average molecular weight is 401 g/mol. The van der Waals surface area contributed by atoms with Gasteiger partial charge in [-0.25, -0.2) is 0 Å². The van der Waals surface area contributed by atoms with Crippen molar-refractivity contribution in [1.82, 2.24) is 10.2 Å². The molecule has 2 aromatic rings. The molecular formula is C23H32N2O2S. The molecule has 4 nitrogen and oxygen atoms in total. The van der Waals surface area contributed by atoms with Crippen LogP contribution in [0.3, 0.4) is 0 Å². The van der Waals surface area contributed by atoms with E-state index in [9.17, 15) is 4.79 Å². The fraction of sp³-hybridized carbons (Fsp3) is 0.522. The molecule has 1 atom stereocenters. The number of nitrogens with one attached hydrogen (secondary N) is 1. The third-order valence-electron chi connectivity index (χ3n) is 5.35. The summed E-state index contributed by atoms with van der Waals surface area (Å²) >= 11 is 1.72. The van der Waals surface area contributed by atoms with Gasteiger partial charge in [-0.05, 0) is 79.0 Å². The number of nitrogens with zero attached hydrogens (tertiary/aromatic N) is 1. The minimum absolute atomic E-state index is 0.0184. The summed E-state index contributed by atoms with van der Waals surface area (Å²) in [5.74, 6) is 0.806. The van der Waals surface area contributed by atoms with Crippen LogP contribution in [-0.2, 0) is 0 Å². The van der Waals surface area contributed by atoms with Gasteiger partial charge in [-0.3, -0.25) is 9.69 Å². The molecule has 1 unspecified atom stereocenters. The van der Waals surface area contributed by atoms with E-state index in [2.05, 4.69) is 34.0 Å². The SMILES string of the molecule is CCCCOc1ccc(C(=O)NCC(c2ccsc2)N2CCCCCC2)cc1. The normalized spacial score (nSPS) is 16.3. The van der Waals surface area contributed by atoms with Crippen LogP contribution in [0.1, 0.15) is 67.4 Å². The van der Waals surface area contributed by atoms with Gasteiger partial charge in [0, 0.05) is 12.1 Å². The van der Waals surface area contributed by atoms with Gasteiger partial charge in [-0.1, -0.05) is 26.2 Å². The van der Waals surface area contributed by atoms with Crippen LogP contribution >= 0.6 is 11.3 Å². The van der Waals surface area contributed by atoms with E-state index in [1.807, 2.05) is 24.3 Å². The summed E-state index contributed by atoms with van der Waals surface area (Å²) in [7, 11) is 0. The maximum atomic E-state index is 12.7. The van der Waals surface area contributed by atoms with E-state index in [0.717, 1.165) is 38.3 Å². The second kappa shape index (κ2) is 11.2. The molecule has 0 bridgehead atoms. The first-order valence-electron chi connectivity index (χ1n) is 10.5. The first-order valence-corrected chi connectivity index (χ1v) is 11.5. The highest BCUT2D eigenvalue weighted by atomic mass is 32.1. The molecule has 0 aliphatic carbocycles. The number of carbonyl (C=O) groups is 1. The van der Waals surface area contributed by atoms with Gasteiger partial charge in [-0.15, -0.1) is 0 Å². The summed E-state index contributed by atoms with van der Waals surface area (Å²) < 4.78 is 5.68. The Labute approximate surface area is 172 Å². The standard InChI is InChI=1S/C23H32N2O2S/c1-2-3-15-27-21-10-8-19(9-11-21)23(26)24-17-22(20-12-16-28-18-20)25-13-6-4-5-7-14-25/h8-12,16,18,22H,2-7,13-15,17H2,1H3,(H,24,26). The lowest BCUT2D eigenvalue weighted by molar-refractivity contribution is 0.0933. The number of carbonyl (C=O) groups excluding carboxylic acids is 1. The molecular weight excluding hydrogens is 368 g/mol. The van der Waals surface area contributed by atoms with Crippen LogP contribution in [0.25, 0.3) is 0 Å². The topological polar surface area (TPSA) is 41.6 Å². The van der Waals surface area contributed by atoms with Crippen LogP contribution < -0.4 is 10.1 Å². The number of thiophene rings is 1. The third-order valence-corrected chi connectivity index (χ3v) is 6.05. The van der Waals surface area contributed by atoms with E-state index < -0.39 is 0 Å². The lowest BCUT2D eigenvalue weighted by atomic mass is 10.1. The zero-order chi connectivity index (χ0) is 19.6. The van der Waals surface area contributed by atoms with Gasteiger partial charge >= 0.3 is 0 Å². The Kier molecular flexibility index (Phi) is 8.37. The maximum Gasteiger partial charge on any atom is 0.251 e.